The Bertz CT molecular complexity index is 945. The number of oxazole rings is 1. The van der Waals surface area contributed by atoms with Crippen molar-refractivity contribution in [2.24, 2.45) is 0 Å². The van der Waals surface area contributed by atoms with Crippen LogP contribution in [0.3, 0.4) is 0 Å². The van der Waals surface area contributed by atoms with E-state index >= 15 is 0 Å². The summed E-state index contributed by atoms with van der Waals surface area (Å²) in [6.45, 7) is 5.19. The third-order valence-electron chi connectivity index (χ3n) is 4.70. The third-order valence-corrected chi connectivity index (χ3v) is 4.70. The van der Waals surface area contributed by atoms with Crippen LogP contribution in [0.5, 0.6) is 0 Å². The molecule has 3 aromatic rings. The van der Waals surface area contributed by atoms with Crippen LogP contribution in [0, 0.1) is 0 Å². The van der Waals surface area contributed by atoms with E-state index in [2.05, 4.69) is 22.4 Å². The van der Waals surface area contributed by atoms with E-state index in [9.17, 15) is 4.79 Å². The maximum atomic E-state index is 12.6. The van der Waals surface area contributed by atoms with E-state index in [1.54, 1.807) is 18.2 Å². The highest BCUT2D eigenvalue weighted by Gasteiger charge is 2.21. The quantitative estimate of drug-likeness (QED) is 0.772. The minimum absolute atomic E-state index is 0.104. The molecule has 1 N–H and O–H groups in total. The van der Waals surface area contributed by atoms with Gasteiger partial charge in [-0.2, -0.15) is 0 Å². The largest absolute Gasteiger partial charge is 0.440 e. The molecule has 1 aromatic heterocycles. The summed E-state index contributed by atoms with van der Waals surface area (Å²) in [5, 5.41) is 2.98. The Hall–Kier alpha value is -2.66. The van der Waals surface area contributed by atoms with E-state index in [1.807, 2.05) is 26.0 Å². The minimum Gasteiger partial charge on any atom is -0.440 e. The molecular weight excluding hydrogens is 328 g/mol. The summed E-state index contributed by atoms with van der Waals surface area (Å²) in [6, 6.07) is 13.6. The smallest absolute Gasteiger partial charge is 0.251 e. The van der Waals surface area contributed by atoms with Gasteiger partial charge in [-0.25, -0.2) is 4.98 Å². The highest BCUT2D eigenvalue weighted by atomic mass is 16.5. The van der Waals surface area contributed by atoms with E-state index < -0.39 is 0 Å². The topological polar surface area (TPSA) is 64.4 Å². The molecule has 1 atom stereocenters. The molecule has 0 fully saturated rings. The molecule has 1 aliphatic heterocycles. The highest BCUT2D eigenvalue weighted by molar-refractivity contribution is 5.97. The van der Waals surface area contributed by atoms with Crippen LogP contribution in [-0.4, -0.2) is 24.0 Å². The normalized spacial score (nSPS) is 16.7. The molecule has 2 aromatic carbocycles. The summed E-state index contributed by atoms with van der Waals surface area (Å²) in [4.78, 5) is 17.0. The zero-order valence-electron chi connectivity index (χ0n) is 15.0. The molecule has 0 spiro atoms. The fourth-order valence-corrected chi connectivity index (χ4v) is 3.27. The summed E-state index contributed by atoms with van der Waals surface area (Å²) in [6.07, 6.45) is 0.814. The molecule has 26 heavy (non-hydrogen) atoms. The van der Waals surface area contributed by atoms with E-state index in [-0.39, 0.29) is 17.9 Å². The Labute approximate surface area is 152 Å². The molecule has 0 bridgehead atoms. The van der Waals surface area contributed by atoms with Crippen molar-refractivity contribution in [1.29, 1.82) is 0 Å². The first-order chi connectivity index (χ1) is 12.6. The van der Waals surface area contributed by atoms with Gasteiger partial charge in [0.1, 0.15) is 11.6 Å². The van der Waals surface area contributed by atoms with Crippen molar-refractivity contribution in [2.45, 2.75) is 32.3 Å². The minimum atomic E-state index is -0.132. The van der Waals surface area contributed by atoms with Crippen molar-refractivity contribution in [2.75, 3.05) is 13.2 Å². The van der Waals surface area contributed by atoms with Crippen LogP contribution in [0.1, 0.15) is 53.2 Å². The number of aromatic nitrogens is 1. The van der Waals surface area contributed by atoms with Crippen molar-refractivity contribution in [3.63, 3.8) is 0 Å². The number of fused-ring (bicyclic) bond motifs is 2. The third kappa shape index (κ3) is 3.22. The lowest BCUT2D eigenvalue weighted by Crippen LogP contribution is -2.31. The molecule has 0 aliphatic carbocycles. The van der Waals surface area contributed by atoms with E-state index in [1.165, 1.54) is 5.56 Å². The van der Waals surface area contributed by atoms with Gasteiger partial charge in [-0.3, -0.25) is 4.79 Å². The number of hydrogen-bond donors (Lipinski definition) is 1. The average molecular weight is 350 g/mol. The number of nitrogens with one attached hydrogen (secondary N) is 1. The predicted molar refractivity (Wildman–Crippen MR) is 99.3 cm³/mol. The van der Waals surface area contributed by atoms with Crippen molar-refractivity contribution < 1.29 is 13.9 Å². The van der Waals surface area contributed by atoms with Crippen molar-refractivity contribution in [3.8, 4) is 0 Å². The number of benzene rings is 2. The first kappa shape index (κ1) is 16.8. The van der Waals surface area contributed by atoms with Gasteiger partial charge in [-0.1, -0.05) is 38.1 Å². The molecule has 1 amide bonds. The van der Waals surface area contributed by atoms with Gasteiger partial charge in [-0.15, -0.1) is 0 Å². The zero-order valence-corrected chi connectivity index (χ0v) is 15.0. The second kappa shape index (κ2) is 6.92. The van der Waals surface area contributed by atoms with Crippen LogP contribution in [0.15, 0.2) is 46.9 Å². The fraction of sp³-hybridized carbons (Fsp3) is 0.333. The summed E-state index contributed by atoms with van der Waals surface area (Å²) >= 11 is 0. The predicted octanol–water partition coefficient (Wildman–Crippen LogP) is 4.00. The Kier molecular flexibility index (Phi) is 4.47. The van der Waals surface area contributed by atoms with Gasteiger partial charge in [-0.05, 0) is 35.7 Å². The standard InChI is InChI=1S/C21H22N2O3/c1-13(2)21-23-17-11-15(7-8-18(17)26-21)20(24)22-12-19-16-6-4-3-5-14(16)9-10-25-19/h3-8,11,13,19H,9-10,12H2,1-2H3,(H,22,24). The van der Waals surface area contributed by atoms with Crippen LogP contribution in [0.2, 0.25) is 0 Å². The fourth-order valence-electron chi connectivity index (χ4n) is 3.27. The second-order valence-electron chi connectivity index (χ2n) is 6.91. The Morgan fingerprint density at radius 2 is 2.12 bits per heavy atom. The van der Waals surface area contributed by atoms with E-state index in [0.29, 0.717) is 35.7 Å². The summed E-state index contributed by atoms with van der Waals surface area (Å²) in [5.41, 5.74) is 4.44. The number of nitrogens with zero attached hydrogens (tertiary/aromatic N) is 1. The number of amides is 1. The molecular formula is C21H22N2O3. The van der Waals surface area contributed by atoms with Crippen molar-refractivity contribution in [3.05, 3.63) is 65.0 Å². The molecule has 1 unspecified atom stereocenters. The molecule has 0 radical (unpaired) electrons. The highest BCUT2D eigenvalue weighted by Crippen LogP contribution is 2.26. The first-order valence-electron chi connectivity index (χ1n) is 9.00. The van der Waals surface area contributed by atoms with Gasteiger partial charge in [0.25, 0.3) is 5.91 Å². The number of carbonyl (C=O) groups is 1. The lowest BCUT2D eigenvalue weighted by atomic mass is 9.97. The van der Waals surface area contributed by atoms with Gasteiger partial charge in [0, 0.05) is 18.0 Å². The van der Waals surface area contributed by atoms with Gasteiger partial charge < -0.3 is 14.5 Å². The SMILES string of the molecule is CC(C)c1nc2cc(C(=O)NCC3OCCc4ccccc43)ccc2o1. The molecule has 2 heterocycles. The average Bonchev–Trinajstić information content (AvgIpc) is 3.09. The van der Waals surface area contributed by atoms with Crippen molar-refractivity contribution >= 4 is 17.0 Å². The van der Waals surface area contributed by atoms with Gasteiger partial charge in [0.2, 0.25) is 0 Å². The maximum Gasteiger partial charge on any atom is 0.251 e. The van der Waals surface area contributed by atoms with Gasteiger partial charge >= 0.3 is 0 Å². The summed E-state index contributed by atoms with van der Waals surface area (Å²) in [5.74, 6) is 0.764. The molecule has 134 valence electrons. The van der Waals surface area contributed by atoms with Crippen LogP contribution in [0.25, 0.3) is 11.1 Å². The summed E-state index contributed by atoms with van der Waals surface area (Å²) in [7, 11) is 0. The molecule has 1 aliphatic rings. The Morgan fingerprint density at radius 3 is 2.96 bits per heavy atom. The Balaban J connectivity index is 1.48. The number of rotatable bonds is 4. The van der Waals surface area contributed by atoms with Crippen LogP contribution >= 0.6 is 0 Å². The lowest BCUT2D eigenvalue weighted by Gasteiger charge is -2.26. The molecule has 4 rings (SSSR count). The molecule has 0 saturated carbocycles. The van der Waals surface area contributed by atoms with Crippen LogP contribution in [0.4, 0.5) is 0 Å². The second-order valence-corrected chi connectivity index (χ2v) is 6.91. The van der Waals surface area contributed by atoms with Gasteiger partial charge in [0.15, 0.2) is 11.5 Å². The molecule has 5 heteroatoms. The lowest BCUT2D eigenvalue weighted by molar-refractivity contribution is 0.0411. The first-order valence-corrected chi connectivity index (χ1v) is 9.00. The molecule has 5 nitrogen and oxygen atoms in total. The van der Waals surface area contributed by atoms with E-state index in [4.69, 9.17) is 9.15 Å². The van der Waals surface area contributed by atoms with Crippen LogP contribution < -0.4 is 5.32 Å². The summed E-state index contributed by atoms with van der Waals surface area (Å²) < 4.78 is 11.5. The van der Waals surface area contributed by atoms with Crippen LogP contribution in [-0.2, 0) is 11.2 Å². The zero-order chi connectivity index (χ0) is 18.1. The monoisotopic (exact) mass is 350 g/mol. The number of carbonyl (C=O) groups excluding carboxylic acids is 1. The van der Waals surface area contributed by atoms with Crippen molar-refractivity contribution in [1.82, 2.24) is 10.3 Å². The maximum absolute atomic E-state index is 12.6. The van der Waals surface area contributed by atoms with E-state index in [0.717, 1.165) is 12.0 Å². The number of hydrogen-bond acceptors (Lipinski definition) is 4. The number of ether oxygens (including phenoxy) is 1. The Morgan fingerprint density at radius 1 is 1.27 bits per heavy atom. The molecule has 0 saturated heterocycles. The van der Waals surface area contributed by atoms with Gasteiger partial charge in [0.05, 0.1) is 6.61 Å².